The van der Waals surface area contributed by atoms with Crippen molar-refractivity contribution in [3.8, 4) is 0 Å². The fourth-order valence-corrected chi connectivity index (χ4v) is 4.00. The molecule has 9 nitrogen and oxygen atoms in total. The number of aromatic nitrogens is 2. The molecule has 1 amide bonds. The molecule has 0 aliphatic heterocycles. The molecule has 4 aromatic rings. The van der Waals surface area contributed by atoms with Gasteiger partial charge in [0, 0.05) is 28.0 Å². The monoisotopic (exact) mass is 469 g/mol. The predicted octanol–water partition coefficient (Wildman–Crippen LogP) is 3.72. The number of hydrogen-bond donors (Lipinski definition) is 3. The SMILES string of the molecule is Cc1ccnc(NS(=O)(=O)c2ccc(NC(=O)c3cc4cc(Cl)ccc4oc3=N)cc2)n1. The Morgan fingerprint density at radius 1 is 1.09 bits per heavy atom. The number of aryl methyl sites for hydroxylation is 1. The Morgan fingerprint density at radius 2 is 1.84 bits per heavy atom. The normalized spacial score (nSPS) is 11.3. The first-order valence-corrected chi connectivity index (χ1v) is 11.1. The Labute approximate surface area is 187 Å². The molecular formula is C21H16ClN5O4S. The maximum Gasteiger partial charge on any atom is 0.264 e. The lowest BCUT2D eigenvalue weighted by Crippen LogP contribution is -2.21. The van der Waals surface area contributed by atoms with E-state index in [9.17, 15) is 13.2 Å². The summed E-state index contributed by atoms with van der Waals surface area (Å²) < 4.78 is 32.8. The van der Waals surface area contributed by atoms with Crippen LogP contribution in [0.5, 0.6) is 0 Å². The fraction of sp³-hybridized carbons (Fsp3) is 0.0476. The number of anilines is 2. The smallest absolute Gasteiger partial charge is 0.264 e. The van der Waals surface area contributed by atoms with E-state index in [4.69, 9.17) is 21.4 Å². The summed E-state index contributed by atoms with van der Waals surface area (Å²) in [6.07, 6.45) is 1.45. The lowest BCUT2D eigenvalue weighted by Gasteiger charge is -2.09. The number of benzene rings is 2. The molecule has 0 bridgehead atoms. The highest BCUT2D eigenvalue weighted by Crippen LogP contribution is 2.20. The zero-order valence-electron chi connectivity index (χ0n) is 16.6. The van der Waals surface area contributed by atoms with E-state index in [-0.39, 0.29) is 22.0 Å². The van der Waals surface area contributed by atoms with Crippen LogP contribution in [0.3, 0.4) is 0 Å². The number of rotatable bonds is 5. The minimum absolute atomic E-state index is 0.00901. The molecule has 4 rings (SSSR count). The number of amides is 1. The Kier molecular flexibility index (Phi) is 5.64. The second kappa shape index (κ2) is 8.40. The van der Waals surface area contributed by atoms with Crippen LogP contribution in [-0.4, -0.2) is 24.3 Å². The molecule has 0 radical (unpaired) electrons. The summed E-state index contributed by atoms with van der Waals surface area (Å²) in [5.74, 6) is -0.618. The van der Waals surface area contributed by atoms with E-state index in [1.807, 2.05) is 0 Å². The molecule has 0 spiro atoms. The number of nitrogens with zero attached hydrogens (tertiary/aromatic N) is 2. The Hall–Kier alpha value is -3.76. The number of carbonyl (C=O) groups excluding carboxylic acids is 1. The van der Waals surface area contributed by atoms with Gasteiger partial charge >= 0.3 is 0 Å². The quantitative estimate of drug-likeness (QED) is 0.407. The Morgan fingerprint density at radius 3 is 2.56 bits per heavy atom. The van der Waals surface area contributed by atoms with Gasteiger partial charge in [-0.05, 0) is 61.5 Å². The van der Waals surface area contributed by atoms with Gasteiger partial charge in [-0.1, -0.05) is 11.6 Å². The molecule has 0 aliphatic rings. The van der Waals surface area contributed by atoms with E-state index >= 15 is 0 Å². The molecule has 0 atom stereocenters. The number of nitrogens with one attached hydrogen (secondary N) is 3. The molecule has 3 N–H and O–H groups in total. The van der Waals surface area contributed by atoms with Crippen LogP contribution in [-0.2, 0) is 10.0 Å². The van der Waals surface area contributed by atoms with Crippen molar-refractivity contribution in [2.75, 3.05) is 10.0 Å². The zero-order valence-corrected chi connectivity index (χ0v) is 18.2. The number of halogens is 1. The lowest BCUT2D eigenvalue weighted by molar-refractivity contribution is 0.102. The molecule has 2 aromatic carbocycles. The summed E-state index contributed by atoms with van der Waals surface area (Å²) in [5, 5.41) is 11.6. The van der Waals surface area contributed by atoms with Crippen LogP contribution in [0.4, 0.5) is 11.6 Å². The number of sulfonamides is 1. The van der Waals surface area contributed by atoms with Crippen LogP contribution in [0.15, 0.2) is 70.1 Å². The van der Waals surface area contributed by atoms with Crippen molar-refractivity contribution < 1.29 is 17.6 Å². The highest BCUT2D eigenvalue weighted by molar-refractivity contribution is 7.92. The van der Waals surface area contributed by atoms with Crippen molar-refractivity contribution in [2.24, 2.45) is 0 Å². The van der Waals surface area contributed by atoms with E-state index < -0.39 is 15.9 Å². The van der Waals surface area contributed by atoms with Crippen molar-refractivity contribution in [1.29, 1.82) is 5.41 Å². The predicted molar refractivity (Wildman–Crippen MR) is 119 cm³/mol. The van der Waals surface area contributed by atoms with Gasteiger partial charge in [0.2, 0.25) is 11.5 Å². The van der Waals surface area contributed by atoms with Gasteiger partial charge in [0.25, 0.3) is 15.9 Å². The fourth-order valence-electron chi connectivity index (χ4n) is 2.87. The number of carbonyl (C=O) groups is 1. The van der Waals surface area contributed by atoms with E-state index in [2.05, 4.69) is 20.0 Å². The number of hydrogen-bond acceptors (Lipinski definition) is 7. The highest BCUT2D eigenvalue weighted by atomic mass is 35.5. The third kappa shape index (κ3) is 4.61. The zero-order chi connectivity index (χ0) is 22.9. The Bertz CT molecular complexity index is 1500. The van der Waals surface area contributed by atoms with Gasteiger partial charge in [0.05, 0.1) is 4.90 Å². The minimum atomic E-state index is -3.91. The van der Waals surface area contributed by atoms with Gasteiger partial charge in [-0.15, -0.1) is 0 Å². The first kappa shape index (κ1) is 21.5. The second-order valence-electron chi connectivity index (χ2n) is 6.78. The van der Waals surface area contributed by atoms with Gasteiger partial charge in [-0.25, -0.2) is 23.1 Å². The van der Waals surface area contributed by atoms with Gasteiger partial charge in [-0.2, -0.15) is 0 Å². The first-order chi connectivity index (χ1) is 15.2. The van der Waals surface area contributed by atoms with Crippen LogP contribution in [0.25, 0.3) is 11.0 Å². The summed E-state index contributed by atoms with van der Waals surface area (Å²) in [6, 6.07) is 13.6. The third-order valence-corrected chi connectivity index (χ3v) is 6.00. The molecule has 2 aromatic heterocycles. The maximum atomic E-state index is 12.6. The van der Waals surface area contributed by atoms with Gasteiger partial charge in [0.15, 0.2) is 0 Å². The van der Waals surface area contributed by atoms with Crippen LogP contribution >= 0.6 is 11.6 Å². The summed E-state index contributed by atoms with van der Waals surface area (Å²) in [5.41, 5.74) is 1.09. The molecule has 0 saturated carbocycles. The van der Waals surface area contributed by atoms with Crippen LogP contribution in [0, 0.1) is 12.3 Å². The van der Waals surface area contributed by atoms with Crippen molar-refractivity contribution in [1.82, 2.24) is 9.97 Å². The molecule has 11 heteroatoms. The molecule has 2 heterocycles. The average Bonchev–Trinajstić information content (AvgIpc) is 2.73. The summed E-state index contributed by atoms with van der Waals surface area (Å²) in [6.45, 7) is 1.72. The van der Waals surface area contributed by atoms with E-state index in [0.717, 1.165) is 0 Å². The van der Waals surface area contributed by atoms with Gasteiger partial charge in [-0.3, -0.25) is 10.2 Å². The molecule has 0 saturated heterocycles. The molecule has 162 valence electrons. The van der Waals surface area contributed by atoms with Crippen LogP contribution < -0.4 is 15.6 Å². The minimum Gasteiger partial charge on any atom is -0.438 e. The molecule has 0 aliphatic carbocycles. The van der Waals surface area contributed by atoms with Crippen molar-refractivity contribution in [3.63, 3.8) is 0 Å². The van der Waals surface area contributed by atoms with E-state index in [1.165, 1.54) is 36.5 Å². The molecule has 0 fully saturated rings. The topological polar surface area (TPSA) is 138 Å². The standard InChI is InChI=1S/C21H16ClN5O4S/c1-12-8-9-24-21(25-12)27-32(29,30)16-5-3-15(4-6-16)26-20(28)17-11-13-10-14(22)2-7-18(13)31-19(17)23/h2-11,23H,1H3,(H,26,28)(H,24,25,27). The van der Waals surface area contributed by atoms with Gasteiger partial charge < -0.3 is 9.73 Å². The maximum absolute atomic E-state index is 12.6. The summed E-state index contributed by atoms with van der Waals surface area (Å²) >= 11 is 5.98. The van der Waals surface area contributed by atoms with Crippen molar-refractivity contribution in [2.45, 2.75) is 11.8 Å². The first-order valence-electron chi connectivity index (χ1n) is 9.23. The second-order valence-corrected chi connectivity index (χ2v) is 8.90. The highest BCUT2D eigenvalue weighted by Gasteiger charge is 2.17. The Balaban J connectivity index is 1.53. The van der Waals surface area contributed by atoms with Crippen LogP contribution in [0.2, 0.25) is 5.02 Å². The van der Waals surface area contributed by atoms with Crippen molar-refractivity contribution >= 4 is 50.1 Å². The number of fused-ring (bicyclic) bond motifs is 1. The third-order valence-electron chi connectivity index (χ3n) is 4.42. The molecular weight excluding hydrogens is 454 g/mol. The summed E-state index contributed by atoms with van der Waals surface area (Å²) in [4.78, 5) is 20.5. The molecule has 0 unspecified atom stereocenters. The largest absolute Gasteiger partial charge is 0.438 e. The van der Waals surface area contributed by atoms with E-state index in [0.29, 0.717) is 27.4 Å². The summed E-state index contributed by atoms with van der Waals surface area (Å²) in [7, 11) is -3.91. The average molecular weight is 470 g/mol. The van der Waals surface area contributed by atoms with E-state index in [1.54, 1.807) is 31.2 Å². The molecule has 32 heavy (non-hydrogen) atoms. The lowest BCUT2D eigenvalue weighted by atomic mass is 10.1. The van der Waals surface area contributed by atoms with Crippen LogP contribution in [0.1, 0.15) is 16.1 Å². The van der Waals surface area contributed by atoms with Crippen molar-refractivity contribution in [3.05, 3.63) is 82.6 Å². The van der Waals surface area contributed by atoms with Gasteiger partial charge in [0.1, 0.15) is 11.1 Å².